The summed E-state index contributed by atoms with van der Waals surface area (Å²) in [6.45, 7) is 0.677. The van der Waals surface area contributed by atoms with Gasteiger partial charge in [0.15, 0.2) is 0 Å². The van der Waals surface area contributed by atoms with Gasteiger partial charge in [-0.25, -0.2) is 0 Å². The number of carbonyl (C=O) groups is 1. The molecule has 0 aromatic carbocycles. The van der Waals surface area contributed by atoms with Crippen LogP contribution >= 0.6 is 11.3 Å². The van der Waals surface area contributed by atoms with Crippen molar-refractivity contribution in [2.45, 2.75) is 38.3 Å². The molecule has 2 aliphatic rings. The first kappa shape index (κ1) is 10.8. The first-order chi connectivity index (χ1) is 8.25. The van der Waals surface area contributed by atoms with Gasteiger partial charge in [0.2, 0.25) is 5.91 Å². The molecule has 88 valence electrons. The Bertz CT molecular complexity index is 466. The minimum Gasteiger partial charge on any atom is -0.334 e. The molecule has 3 rings (SSSR count). The molecule has 0 bridgehead atoms. The van der Waals surface area contributed by atoms with Crippen molar-refractivity contribution < 1.29 is 4.79 Å². The van der Waals surface area contributed by atoms with Crippen molar-refractivity contribution in [1.82, 2.24) is 4.90 Å². The number of nitrogens with zero attached hydrogens (tertiary/aromatic N) is 2. The largest absolute Gasteiger partial charge is 0.334 e. The van der Waals surface area contributed by atoms with Crippen LogP contribution in [0.15, 0.2) is 16.8 Å². The van der Waals surface area contributed by atoms with Crippen LogP contribution in [0.1, 0.15) is 31.2 Å². The van der Waals surface area contributed by atoms with Crippen molar-refractivity contribution in [3.8, 4) is 6.07 Å². The number of hydrogen-bond donors (Lipinski definition) is 0. The molecule has 1 aromatic rings. The zero-order chi connectivity index (χ0) is 11.9. The van der Waals surface area contributed by atoms with Gasteiger partial charge in [0, 0.05) is 12.6 Å². The first-order valence-electron chi connectivity index (χ1n) is 5.99. The normalized spacial score (nSPS) is 20.6. The maximum absolute atomic E-state index is 12.4. The third-order valence-corrected chi connectivity index (χ3v) is 4.29. The topological polar surface area (TPSA) is 44.1 Å². The highest BCUT2D eigenvalue weighted by Crippen LogP contribution is 2.48. The number of carbonyl (C=O) groups excluding carboxylic acids is 1. The third-order valence-electron chi connectivity index (χ3n) is 3.55. The molecule has 0 aliphatic heterocycles. The van der Waals surface area contributed by atoms with Crippen LogP contribution in [0.25, 0.3) is 0 Å². The van der Waals surface area contributed by atoms with Crippen LogP contribution in [0, 0.1) is 16.7 Å². The lowest BCUT2D eigenvalue weighted by atomic mass is 10.1. The monoisotopic (exact) mass is 246 g/mol. The third kappa shape index (κ3) is 1.96. The molecule has 2 saturated carbocycles. The number of thiophene rings is 1. The second-order valence-corrected chi connectivity index (χ2v) is 5.77. The highest BCUT2D eigenvalue weighted by Gasteiger charge is 2.54. The van der Waals surface area contributed by atoms with Crippen molar-refractivity contribution in [2.24, 2.45) is 5.41 Å². The maximum Gasteiger partial charge on any atom is 0.243 e. The van der Waals surface area contributed by atoms with Crippen LogP contribution < -0.4 is 0 Å². The van der Waals surface area contributed by atoms with E-state index in [1.165, 1.54) is 5.56 Å². The van der Waals surface area contributed by atoms with Crippen molar-refractivity contribution in [1.29, 1.82) is 5.26 Å². The number of nitriles is 1. The maximum atomic E-state index is 12.4. The summed E-state index contributed by atoms with van der Waals surface area (Å²) in [5.74, 6) is 0.0636. The highest BCUT2D eigenvalue weighted by molar-refractivity contribution is 7.07. The van der Waals surface area contributed by atoms with Crippen LogP contribution in [-0.2, 0) is 11.3 Å². The van der Waals surface area contributed by atoms with Crippen LogP contribution in [0.2, 0.25) is 0 Å². The molecule has 17 heavy (non-hydrogen) atoms. The SMILES string of the molecule is N#CC1(C(=O)N(Cc2ccsc2)C2CC2)CC1. The standard InChI is InChI=1S/C13H14N2OS/c14-9-13(4-5-13)12(16)15(11-1-2-11)7-10-3-6-17-8-10/h3,6,8,11H,1-2,4-5,7H2. The molecule has 1 amide bonds. The van der Waals surface area contributed by atoms with Gasteiger partial charge in [-0.1, -0.05) is 0 Å². The van der Waals surface area contributed by atoms with Crippen LogP contribution in [0.4, 0.5) is 0 Å². The van der Waals surface area contributed by atoms with E-state index in [-0.39, 0.29) is 5.91 Å². The van der Waals surface area contributed by atoms with E-state index in [1.807, 2.05) is 10.3 Å². The molecule has 0 spiro atoms. The van der Waals surface area contributed by atoms with Crippen molar-refractivity contribution >= 4 is 17.2 Å². The first-order valence-corrected chi connectivity index (χ1v) is 6.93. The van der Waals surface area contributed by atoms with E-state index < -0.39 is 5.41 Å². The summed E-state index contributed by atoms with van der Waals surface area (Å²) in [5, 5.41) is 13.2. The van der Waals surface area contributed by atoms with E-state index in [0.717, 1.165) is 25.7 Å². The molecule has 4 heteroatoms. The van der Waals surface area contributed by atoms with E-state index in [9.17, 15) is 4.79 Å². The molecular weight excluding hydrogens is 232 g/mol. The Hall–Kier alpha value is -1.34. The Morgan fingerprint density at radius 2 is 2.35 bits per heavy atom. The zero-order valence-corrected chi connectivity index (χ0v) is 10.4. The fraction of sp³-hybridized carbons (Fsp3) is 0.538. The molecule has 2 fully saturated rings. The second kappa shape index (κ2) is 3.85. The molecule has 0 saturated heterocycles. The van der Waals surface area contributed by atoms with E-state index in [0.29, 0.717) is 12.6 Å². The molecular formula is C13H14N2OS. The summed E-state index contributed by atoms with van der Waals surface area (Å²) in [7, 11) is 0. The van der Waals surface area contributed by atoms with Gasteiger partial charge in [-0.3, -0.25) is 4.79 Å². The van der Waals surface area contributed by atoms with Crippen molar-refractivity contribution in [3.63, 3.8) is 0 Å². The van der Waals surface area contributed by atoms with Crippen molar-refractivity contribution in [3.05, 3.63) is 22.4 Å². The zero-order valence-electron chi connectivity index (χ0n) is 9.56. The van der Waals surface area contributed by atoms with Gasteiger partial charge in [0.1, 0.15) is 5.41 Å². The van der Waals surface area contributed by atoms with Gasteiger partial charge in [0.25, 0.3) is 0 Å². The van der Waals surface area contributed by atoms with Gasteiger partial charge in [0.05, 0.1) is 6.07 Å². The summed E-state index contributed by atoms with van der Waals surface area (Å²) < 4.78 is 0. The number of hydrogen-bond acceptors (Lipinski definition) is 3. The fourth-order valence-corrected chi connectivity index (χ4v) is 2.77. The smallest absolute Gasteiger partial charge is 0.243 e. The molecule has 3 nitrogen and oxygen atoms in total. The summed E-state index contributed by atoms with van der Waals surface area (Å²) in [4.78, 5) is 14.3. The lowest BCUT2D eigenvalue weighted by Gasteiger charge is -2.24. The lowest BCUT2D eigenvalue weighted by Crippen LogP contribution is -2.37. The van der Waals surface area contributed by atoms with Gasteiger partial charge in [-0.05, 0) is 48.1 Å². The average Bonchev–Trinajstić information content (AvgIpc) is 3.26. The van der Waals surface area contributed by atoms with E-state index in [1.54, 1.807) is 11.3 Å². The van der Waals surface area contributed by atoms with E-state index in [2.05, 4.69) is 17.5 Å². The van der Waals surface area contributed by atoms with Gasteiger partial charge < -0.3 is 4.90 Å². The molecule has 0 N–H and O–H groups in total. The number of rotatable bonds is 4. The summed E-state index contributed by atoms with van der Waals surface area (Å²) >= 11 is 1.65. The molecule has 0 radical (unpaired) electrons. The fourth-order valence-electron chi connectivity index (χ4n) is 2.11. The predicted octanol–water partition coefficient (Wildman–Crippen LogP) is 2.54. The summed E-state index contributed by atoms with van der Waals surface area (Å²) in [5.41, 5.74) is 0.516. The Labute approximate surface area is 105 Å². The summed E-state index contributed by atoms with van der Waals surface area (Å²) in [6.07, 6.45) is 3.68. The quantitative estimate of drug-likeness (QED) is 0.819. The predicted molar refractivity (Wildman–Crippen MR) is 65.2 cm³/mol. The Morgan fingerprint density at radius 1 is 1.59 bits per heavy atom. The van der Waals surface area contributed by atoms with Gasteiger partial charge in [-0.2, -0.15) is 16.6 Å². The van der Waals surface area contributed by atoms with Gasteiger partial charge >= 0.3 is 0 Å². The van der Waals surface area contributed by atoms with Crippen molar-refractivity contribution in [2.75, 3.05) is 0 Å². The molecule has 1 heterocycles. The van der Waals surface area contributed by atoms with E-state index >= 15 is 0 Å². The lowest BCUT2D eigenvalue weighted by molar-refractivity contribution is -0.136. The molecule has 2 aliphatic carbocycles. The van der Waals surface area contributed by atoms with Crippen LogP contribution in [0.3, 0.4) is 0 Å². The summed E-state index contributed by atoms with van der Waals surface area (Å²) in [6, 6.07) is 4.64. The molecule has 0 atom stereocenters. The number of amides is 1. The molecule has 1 aromatic heterocycles. The Morgan fingerprint density at radius 3 is 2.82 bits per heavy atom. The minimum absolute atomic E-state index is 0.0636. The van der Waals surface area contributed by atoms with Crippen LogP contribution in [0.5, 0.6) is 0 Å². The minimum atomic E-state index is -0.668. The van der Waals surface area contributed by atoms with Crippen LogP contribution in [-0.4, -0.2) is 16.8 Å². The average molecular weight is 246 g/mol. The Balaban J connectivity index is 1.77. The Kier molecular flexibility index (Phi) is 2.44. The van der Waals surface area contributed by atoms with E-state index in [4.69, 9.17) is 5.26 Å². The van der Waals surface area contributed by atoms with Gasteiger partial charge in [-0.15, -0.1) is 0 Å². The molecule has 0 unspecified atom stereocenters. The second-order valence-electron chi connectivity index (χ2n) is 4.99. The highest BCUT2D eigenvalue weighted by atomic mass is 32.1.